The fourth-order valence-corrected chi connectivity index (χ4v) is 3.04. The Bertz CT molecular complexity index is 396. The number of hydrogen-bond acceptors (Lipinski definition) is 3. The van der Waals surface area contributed by atoms with E-state index in [1.54, 1.807) is 0 Å². The summed E-state index contributed by atoms with van der Waals surface area (Å²) in [6.07, 6.45) is 9.30. The Morgan fingerprint density at radius 3 is 2.58 bits per heavy atom. The molecule has 1 aromatic rings. The van der Waals surface area contributed by atoms with Crippen LogP contribution in [0.15, 0.2) is 24.5 Å². The lowest BCUT2D eigenvalue weighted by Crippen LogP contribution is -2.39. The average Bonchev–Trinajstić information content (AvgIpc) is 2.43. The normalized spacial score (nSPS) is 27.4. The molecule has 19 heavy (non-hydrogen) atoms. The third-order valence-corrected chi connectivity index (χ3v) is 4.31. The van der Waals surface area contributed by atoms with Crippen LogP contribution in [0.25, 0.3) is 0 Å². The summed E-state index contributed by atoms with van der Waals surface area (Å²) in [6.45, 7) is 4.04. The van der Waals surface area contributed by atoms with E-state index in [4.69, 9.17) is 0 Å². The molecular formula is C16H24N2O. The van der Waals surface area contributed by atoms with Crippen molar-refractivity contribution in [3.63, 3.8) is 0 Å². The molecule has 0 unspecified atom stereocenters. The topological polar surface area (TPSA) is 33.2 Å². The maximum absolute atomic E-state index is 11.5. The Morgan fingerprint density at radius 1 is 1.37 bits per heavy atom. The molecule has 0 radical (unpaired) electrons. The summed E-state index contributed by atoms with van der Waals surface area (Å²) >= 11 is 0. The van der Waals surface area contributed by atoms with Crippen molar-refractivity contribution in [3.8, 4) is 0 Å². The molecule has 2 rings (SSSR count). The molecule has 0 atom stereocenters. The van der Waals surface area contributed by atoms with Crippen LogP contribution in [0.5, 0.6) is 0 Å². The van der Waals surface area contributed by atoms with Gasteiger partial charge in [-0.25, -0.2) is 0 Å². The van der Waals surface area contributed by atoms with E-state index in [0.717, 1.165) is 31.8 Å². The molecule has 0 amide bonds. The van der Waals surface area contributed by atoms with Gasteiger partial charge in [-0.1, -0.05) is 6.92 Å². The van der Waals surface area contributed by atoms with E-state index in [-0.39, 0.29) is 5.41 Å². The first-order valence-corrected chi connectivity index (χ1v) is 7.17. The Balaban J connectivity index is 1.93. The maximum atomic E-state index is 11.5. The largest absolute Gasteiger partial charge is 0.303 e. The highest BCUT2D eigenvalue weighted by Gasteiger charge is 2.34. The zero-order valence-corrected chi connectivity index (χ0v) is 12.0. The van der Waals surface area contributed by atoms with Crippen molar-refractivity contribution in [2.45, 2.75) is 39.2 Å². The summed E-state index contributed by atoms with van der Waals surface area (Å²) in [4.78, 5) is 17.8. The highest BCUT2D eigenvalue weighted by Crippen LogP contribution is 2.37. The van der Waals surface area contributed by atoms with Crippen LogP contribution in [0.2, 0.25) is 0 Å². The number of rotatable bonds is 5. The van der Waals surface area contributed by atoms with Crippen molar-refractivity contribution in [1.82, 2.24) is 9.88 Å². The molecule has 104 valence electrons. The van der Waals surface area contributed by atoms with Crippen molar-refractivity contribution in [2.75, 3.05) is 13.6 Å². The number of hydrogen-bond donors (Lipinski definition) is 0. The number of aldehydes is 1. The molecule has 1 aromatic heterocycles. The molecule has 1 aliphatic rings. The van der Waals surface area contributed by atoms with Crippen LogP contribution in [-0.4, -0.2) is 29.8 Å². The van der Waals surface area contributed by atoms with E-state index < -0.39 is 0 Å². The summed E-state index contributed by atoms with van der Waals surface area (Å²) in [5.41, 5.74) is 1.14. The lowest BCUT2D eigenvalue weighted by Gasteiger charge is -2.37. The summed E-state index contributed by atoms with van der Waals surface area (Å²) in [6, 6.07) is 4.07. The Kier molecular flexibility index (Phi) is 4.70. The SMILES string of the molecule is CC1CCC(C=O)(CN(C)Cc2ccncc2)CC1. The second-order valence-electron chi connectivity index (χ2n) is 6.19. The van der Waals surface area contributed by atoms with Crippen molar-refractivity contribution in [3.05, 3.63) is 30.1 Å². The fraction of sp³-hybridized carbons (Fsp3) is 0.625. The summed E-state index contributed by atoms with van der Waals surface area (Å²) in [5.74, 6) is 0.776. The lowest BCUT2D eigenvalue weighted by molar-refractivity contribution is -0.119. The van der Waals surface area contributed by atoms with Gasteiger partial charge < -0.3 is 9.69 Å². The summed E-state index contributed by atoms with van der Waals surface area (Å²) in [7, 11) is 2.10. The zero-order valence-electron chi connectivity index (χ0n) is 12.0. The van der Waals surface area contributed by atoms with Gasteiger partial charge in [0.15, 0.2) is 0 Å². The van der Waals surface area contributed by atoms with Gasteiger partial charge in [0.2, 0.25) is 0 Å². The van der Waals surface area contributed by atoms with Gasteiger partial charge in [-0.15, -0.1) is 0 Å². The standard InChI is InChI=1S/C16H24N2O/c1-14-3-7-16(13-19,8-4-14)12-18(2)11-15-5-9-17-10-6-15/h5-6,9-10,13-14H,3-4,7-8,11-12H2,1-2H3. The van der Waals surface area contributed by atoms with Gasteiger partial charge in [-0.3, -0.25) is 4.98 Å². The Morgan fingerprint density at radius 2 is 2.00 bits per heavy atom. The van der Waals surface area contributed by atoms with Gasteiger partial charge in [0, 0.05) is 30.9 Å². The highest BCUT2D eigenvalue weighted by atomic mass is 16.1. The first-order valence-electron chi connectivity index (χ1n) is 7.17. The quantitative estimate of drug-likeness (QED) is 0.763. The lowest BCUT2D eigenvalue weighted by atomic mass is 9.71. The second-order valence-corrected chi connectivity index (χ2v) is 6.19. The van der Waals surface area contributed by atoms with Crippen molar-refractivity contribution in [2.24, 2.45) is 11.3 Å². The van der Waals surface area contributed by atoms with Gasteiger partial charge >= 0.3 is 0 Å². The third kappa shape index (κ3) is 3.87. The number of pyridine rings is 1. The first kappa shape index (κ1) is 14.2. The molecule has 1 heterocycles. The van der Waals surface area contributed by atoms with E-state index in [1.807, 2.05) is 24.5 Å². The second kappa shape index (κ2) is 6.29. The van der Waals surface area contributed by atoms with E-state index in [9.17, 15) is 4.79 Å². The smallest absolute Gasteiger partial charge is 0.127 e. The average molecular weight is 260 g/mol. The van der Waals surface area contributed by atoms with Crippen molar-refractivity contribution >= 4 is 6.29 Å². The van der Waals surface area contributed by atoms with Gasteiger partial charge in [0.25, 0.3) is 0 Å². The monoisotopic (exact) mass is 260 g/mol. The van der Waals surface area contributed by atoms with Gasteiger partial charge in [-0.2, -0.15) is 0 Å². The van der Waals surface area contributed by atoms with E-state index in [1.165, 1.54) is 24.7 Å². The molecule has 1 aliphatic carbocycles. The zero-order chi connectivity index (χ0) is 13.7. The van der Waals surface area contributed by atoms with Crippen LogP contribution in [0.1, 0.15) is 38.2 Å². The minimum atomic E-state index is -0.117. The minimum absolute atomic E-state index is 0.117. The summed E-state index contributed by atoms with van der Waals surface area (Å²) < 4.78 is 0. The Labute approximate surface area is 116 Å². The van der Waals surface area contributed by atoms with Gasteiger partial charge in [-0.05, 0) is 56.3 Å². The molecule has 1 fully saturated rings. The van der Waals surface area contributed by atoms with Crippen molar-refractivity contribution < 1.29 is 4.79 Å². The van der Waals surface area contributed by atoms with E-state index in [0.29, 0.717) is 0 Å². The van der Waals surface area contributed by atoms with Crippen LogP contribution in [0.3, 0.4) is 0 Å². The molecule has 0 bridgehead atoms. The fourth-order valence-electron chi connectivity index (χ4n) is 3.04. The predicted molar refractivity (Wildman–Crippen MR) is 76.7 cm³/mol. The van der Waals surface area contributed by atoms with Crippen LogP contribution in [0, 0.1) is 11.3 Å². The molecule has 0 aliphatic heterocycles. The number of carbonyl (C=O) groups is 1. The minimum Gasteiger partial charge on any atom is -0.303 e. The van der Waals surface area contributed by atoms with Crippen LogP contribution in [0.4, 0.5) is 0 Å². The van der Waals surface area contributed by atoms with Gasteiger partial charge in [0.1, 0.15) is 6.29 Å². The molecule has 1 saturated carbocycles. The predicted octanol–water partition coefficient (Wildman–Crippen LogP) is 2.91. The molecule has 3 heteroatoms. The Hall–Kier alpha value is -1.22. The number of aromatic nitrogens is 1. The highest BCUT2D eigenvalue weighted by molar-refractivity contribution is 5.60. The van der Waals surface area contributed by atoms with Crippen molar-refractivity contribution in [1.29, 1.82) is 0 Å². The molecule has 0 N–H and O–H groups in total. The molecule has 3 nitrogen and oxygen atoms in total. The molecule has 0 spiro atoms. The van der Waals surface area contributed by atoms with Gasteiger partial charge in [0.05, 0.1) is 0 Å². The van der Waals surface area contributed by atoms with Crippen LogP contribution < -0.4 is 0 Å². The maximum Gasteiger partial charge on any atom is 0.127 e. The number of carbonyl (C=O) groups excluding carboxylic acids is 1. The van der Waals surface area contributed by atoms with Crippen LogP contribution >= 0.6 is 0 Å². The molecular weight excluding hydrogens is 236 g/mol. The first-order chi connectivity index (χ1) is 9.13. The number of nitrogens with zero attached hydrogens (tertiary/aromatic N) is 2. The van der Waals surface area contributed by atoms with Crippen LogP contribution in [-0.2, 0) is 11.3 Å². The third-order valence-electron chi connectivity index (χ3n) is 4.31. The molecule has 0 saturated heterocycles. The molecule has 0 aromatic carbocycles. The summed E-state index contributed by atoms with van der Waals surface area (Å²) in [5, 5.41) is 0. The van der Waals surface area contributed by atoms with E-state index >= 15 is 0 Å². The van der Waals surface area contributed by atoms with E-state index in [2.05, 4.69) is 23.9 Å².